The number of aromatic nitrogens is 4. The molecule has 200 valence electrons. The van der Waals surface area contributed by atoms with E-state index < -0.39 is 0 Å². The van der Waals surface area contributed by atoms with Gasteiger partial charge in [-0.05, 0) is 54.3 Å². The highest BCUT2D eigenvalue weighted by Crippen LogP contribution is 2.45. The normalized spacial score (nSPS) is 12.4. The number of hydrogen-bond donors (Lipinski definition) is 3. The van der Waals surface area contributed by atoms with Crippen LogP contribution in [0.3, 0.4) is 0 Å². The molecule has 8 nitrogen and oxygen atoms in total. The number of aryl methyl sites for hydroxylation is 2. The smallest absolute Gasteiger partial charge is 0.142 e. The number of nitrogens with zero attached hydrogens (tertiary/aromatic N) is 4. The predicted octanol–water partition coefficient (Wildman–Crippen LogP) is 5.35. The van der Waals surface area contributed by atoms with Crippen LogP contribution in [-0.4, -0.2) is 44.6 Å². The number of ether oxygens (including phenoxy) is 1. The Balaban J connectivity index is 1.22. The molecule has 0 saturated carbocycles. The van der Waals surface area contributed by atoms with Gasteiger partial charge in [-0.3, -0.25) is 4.68 Å². The summed E-state index contributed by atoms with van der Waals surface area (Å²) in [4.78, 5) is 11.2. The Kier molecular flexibility index (Phi) is 7.43. The van der Waals surface area contributed by atoms with Crippen LogP contribution in [0.2, 0.25) is 5.02 Å². The van der Waals surface area contributed by atoms with Crippen LogP contribution >= 0.6 is 22.9 Å². The molecular formula is C28H26ClFN6O2S. The highest BCUT2D eigenvalue weighted by Gasteiger charge is 2.26. The molecule has 1 aliphatic rings. The molecule has 5 aromatic rings. The fraction of sp³-hybridized carbons (Fsp3) is 0.250. The second-order valence-electron chi connectivity index (χ2n) is 9.23. The van der Waals surface area contributed by atoms with Crippen LogP contribution in [0.5, 0.6) is 5.75 Å². The van der Waals surface area contributed by atoms with E-state index in [9.17, 15) is 4.39 Å². The second kappa shape index (κ2) is 11.3. The quantitative estimate of drug-likeness (QED) is 0.197. The molecule has 0 aliphatic heterocycles. The highest BCUT2D eigenvalue weighted by molar-refractivity contribution is 7.22. The summed E-state index contributed by atoms with van der Waals surface area (Å²) >= 11 is 8.18. The van der Waals surface area contributed by atoms with Gasteiger partial charge in [0.1, 0.15) is 35.1 Å². The molecule has 3 aromatic heterocycles. The minimum atomic E-state index is -0.301. The van der Waals surface area contributed by atoms with Gasteiger partial charge in [0, 0.05) is 35.4 Å². The number of hydrogen-bond acceptors (Lipinski definition) is 8. The van der Waals surface area contributed by atoms with E-state index in [-0.39, 0.29) is 19.0 Å². The summed E-state index contributed by atoms with van der Waals surface area (Å²) < 4.78 is 21.2. The summed E-state index contributed by atoms with van der Waals surface area (Å²) in [5.41, 5.74) is 4.97. The molecule has 0 fully saturated rings. The minimum absolute atomic E-state index is 0.124. The molecule has 3 heterocycles. The number of fused-ring (bicyclic) bond motifs is 5. The number of nitrogens with one attached hydrogen (secondary N) is 2. The first-order valence-electron chi connectivity index (χ1n) is 12.7. The fourth-order valence-electron chi connectivity index (χ4n) is 4.75. The van der Waals surface area contributed by atoms with Gasteiger partial charge in [0.15, 0.2) is 0 Å². The lowest BCUT2D eigenvalue weighted by Gasteiger charge is -2.13. The van der Waals surface area contributed by atoms with E-state index in [4.69, 9.17) is 26.5 Å². The highest BCUT2D eigenvalue weighted by atomic mass is 35.5. The molecule has 1 aliphatic carbocycles. The lowest BCUT2D eigenvalue weighted by molar-refractivity contribution is 0.291. The monoisotopic (exact) mass is 564 g/mol. The van der Waals surface area contributed by atoms with Crippen molar-refractivity contribution in [1.29, 1.82) is 0 Å². The SMILES string of the molecule is OCCNCCn1cc2c(n1)CCc1c-2sc2ncnc(Nc3ccc(OCc4cccc(F)c4)c(Cl)c3)c12. The Bertz CT molecular complexity index is 1640. The van der Waals surface area contributed by atoms with E-state index in [1.807, 2.05) is 10.7 Å². The van der Waals surface area contributed by atoms with Crippen LogP contribution < -0.4 is 15.4 Å². The summed E-state index contributed by atoms with van der Waals surface area (Å²) in [5.74, 6) is 0.944. The summed E-state index contributed by atoms with van der Waals surface area (Å²) in [7, 11) is 0. The largest absolute Gasteiger partial charge is 0.487 e. The molecule has 0 amide bonds. The van der Waals surface area contributed by atoms with Gasteiger partial charge in [0.2, 0.25) is 0 Å². The van der Waals surface area contributed by atoms with Gasteiger partial charge in [0.25, 0.3) is 0 Å². The molecule has 0 atom stereocenters. The summed E-state index contributed by atoms with van der Waals surface area (Å²) in [6.45, 7) is 2.40. The average Bonchev–Trinajstić information content (AvgIpc) is 3.52. The van der Waals surface area contributed by atoms with Crippen LogP contribution in [0.1, 0.15) is 16.8 Å². The maximum absolute atomic E-state index is 13.5. The Morgan fingerprint density at radius 3 is 2.90 bits per heavy atom. The van der Waals surface area contributed by atoms with Gasteiger partial charge in [-0.25, -0.2) is 14.4 Å². The number of benzene rings is 2. The zero-order valence-corrected chi connectivity index (χ0v) is 22.5. The van der Waals surface area contributed by atoms with Crippen LogP contribution in [0, 0.1) is 5.82 Å². The van der Waals surface area contributed by atoms with Crippen LogP contribution in [0.15, 0.2) is 55.0 Å². The van der Waals surface area contributed by atoms with Crippen LogP contribution in [-0.2, 0) is 26.0 Å². The Morgan fingerprint density at radius 2 is 2.05 bits per heavy atom. The topological polar surface area (TPSA) is 97.1 Å². The Hall–Kier alpha value is -3.57. The molecule has 39 heavy (non-hydrogen) atoms. The van der Waals surface area contributed by atoms with Gasteiger partial charge < -0.3 is 20.5 Å². The van der Waals surface area contributed by atoms with E-state index >= 15 is 0 Å². The van der Waals surface area contributed by atoms with Crippen molar-refractivity contribution in [1.82, 2.24) is 25.1 Å². The number of rotatable bonds is 10. The van der Waals surface area contributed by atoms with Gasteiger partial charge in [-0.2, -0.15) is 5.10 Å². The summed E-state index contributed by atoms with van der Waals surface area (Å²) in [6, 6.07) is 11.8. The molecule has 0 spiro atoms. The third kappa shape index (κ3) is 5.46. The first-order valence-corrected chi connectivity index (χ1v) is 13.9. The van der Waals surface area contributed by atoms with Crippen molar-refractivity contribution in [2.45, 2.75) is 26.0 Å². The summed E-state index contributed by atoms with van der Waals surface area (Å²) in [5, 5.41) is 21.8. The van der Waals surface area contributed by atoms with E-state index in [1.54, 1.807) is 41.9 Å². The Morgan fingerprint density at radius 1 is 1.13 bits per heavy atom. The lowest BCUT2D eigenvalue weighted by atomic mass is 9.95. The minimum Gasteiger partial charge on any atom is -0.487 e. The molecule has 6 rings (SSSR count). The average molecular weight is 565 g/mol. The number of anilines is 2. The number of halogens is 2. The molecular weight excluding hydrogens is 539 g/mol. The van der Waals surface area contributed by atoms with E-state index in [0.717, 1.165) is 64.5 Å². The maximum Gasteiger partial charge on any atom is 0.142 e. The maximum atomic E-state index is 13.5. The molecule has 0 radical (unpaired) electrons. The molecule has 3 N–H and O–H groups in total. The second-order valence-corrected chi connectivity index (χ2v) is 10.6. The third-order valence-electron chi connectivity index (χ3n) is 6.57. The van der Waals surface area contributed by atoms with Crippen molar-refractivity contribution in [3.8, 4) is 16.2 Å². The lowest BCUT2D eigenvalue weighted by Crippen LogP contribution is -2.23. The van der Waals surface area contributed by atoms with Gasteiger partial charge in [0.05, 0.1) is 29.3 Å². The standard InChI is InChI=1S/C28H26ClFN6O2S/c29-22-13-19(4-7-24(22)38-15-17-2-1-3-18(30)12-17)34-27-25-20-5-6-23-21(26(20)39-28(25)33-16-32-27)14-36(35-23)10-8-31-9-11-37/h1-4,7,12-14,16,31,37H,5-6,8-11,15H2,(H,32,33,34). The zero-order valence-electron chi connectivity index (χ0n) is 21.0. The van der Waals surface area contributed by atoms with Crippen LogP contribution in [0.25, 0.3) is 20.7 Å². The molecule has 0 bridgehead atoms. The third-order valence-corrected chi connectivity index (χ3v) is 8.03. The first-order chi connectivity index (χ1) is 19.1. The molecule has 0 saturated heterocycles. The van der Waals surface area contributed by atoms with Crippen molar-refractivity contribution >= 4 is 44.7 Å². The fourth-order valence-corrected chi connectivity index (χ4v) is 6.21. The van der Waals surface area contributed by atoms with Crippen molar-refractivity contribution in [3.63, 3.8) is 0 Å². The van der Waals surface area contributed by atoms with E-state index in [1.165, 1.54) is 22.6 Å². The van der Waals surface area contributed by atoms with Crippen molar-refractivity contribution in [2.24, 2.45) is 0 Å². The van der Waals surface area contributed by atoms with Gasteiger partial charge in [-0.1, -0.05) is 23.7 Å². The van der Waals surface area contributed by atoms with Gasteiger partial charge in [-0.15, -0.1) is 11.3 Å². The van der Waals surface area contributed by atoms with Crippen molar-refractivity contribution in [3.05, 3.63) is 82.6 Å². The number of aliphatic hydroxyl groups excluding tert-OH is 1. The van der Waals surface area contributed by atoms with E-state index in [0.29, 0.717) is 17.3 Å². The van der Waals surface area contributed by atoms with Crippen LogP contribution in [0.4, 0.5) is 15.9 Å². The first kappa shape index (κ1) is 25.7. The zero-order chi connectivity index (χ0) is 26.8. The van der Waals surface area contributed by atoms with Crippen molar-refractivity contribution in [2.75, 3.05) is 25.0 Å². The Labute approximate surface area is 233 Å². The summed E-state index contributed by atoms with van der Waals surface area (Å²) in [6.07, 6.45) is 5.38. The molecule has 2 aromatic carbocycles. The van der Waals surface area contributed by atoms with E-state index in [2.05, 4.69) is 26.8 Å². The predicted molar refractivity (Wildman–Crippen MR) is 151 cm³/mol. The number of thiophene rings is 1. The molecule has 11 heteroatoms. The molecule has 0 unspecified atom stereocenters. The van der Waals surface area contributed by atoms with Crippen molar-refractivity contribution < 1.29 is 14.2 Å². The van der Waals surface area contributed by atoms with Gasteiger partial charge >= 0.3 is 0 Å². The number of aliphatic hydroxyl groups is 1.